The van der Waals surface area contributed by atoms with Crippen molar-refractivity contribution in [1.29, 1.82) is 0 Å². The van der Waals surface area contributed by atoms with E-state index in [0.717, 1.165) is 38.3 Å². The molecule has 1 aliphatic heterocycles. The number of anilines is 1. The largest absolute Gasteiger partial charge is 0.368 e. The summed E-state index contributed by atoms with van der Waals surface area (Å²) < 4.78 is 0. The minimum atomic E-state index is 0.623. The predicted molar refractivity (Wildman–Crippen MR) is 127 cm³/mol. The minimum absolute atomic E-state index is 0.623. The molecule has 2 aromatic carbocycles. The monoisotopic (exact) mass is 395 g/mol. The first-order valence-corrected chi connectivity index (χ1v) is 11.0. The molecule has 0 spiro atoms. The molecular formula is C27H29N3. The van der Waals surface area contributed by atoms with Crippen LogP contribution >= 0.6 is 0 Å². The Morgan fingerprint density at radius 3 is 2.37 bits per heavy atom. The number of nitrogens with zero attached hydrogens (tertiary/aromatic N) is 3. The molecule has 30 heavy (non-hydrogen) atoms. The van der Waals surface area contributed by atoms with Gasteiger partial charge in [-0.3, -0.25) is 9.88 Å². The normalized spacial score (nSPS) is 16.3. The lowest BCUT2D eigenvalue weighted by Gasteiger charge is -2.38. The van der Waals surface area contributed by atoms with Crippen LogP contribution in [0.25, 0.3) is 23.3 Å². The maximum Gasteiger partial charge on any atom is 0.0666 e. The molecular weight excluding hydrogens is 366 g/mol. The first-order valence-electron chi connectivity index (χ1n) is 11.0. The highest BCUT2D eigenvalue weighted by Crippen LogP contribution is 2.30. The Hall–Kier alpha value is -2.91. The lowest BCUT2D eigenvalue weighted by Crippen LogP contribution is -2.48. The standard InChI is InChI=1S/C27H29N3/c1-20(2)29-12-14-30(15-13-29)26-18-25-17-24-16-23(21-6-4-3-5-7-21)9-8-22(24)10-11-27(25)28-19-26/h3-11,16,18-20H,12-15,17H2,1-2H3. The first kappa shape index (κ1) is 19.1. The Balaban J connectivity index is 1.42. The smallest absolute Gasteiger partial charge is 0.0666 e. The van der Waals surface area contributed by atoms with Crippen molar-refractivity contribution in [1.82, 2.24) is 9.88 Å². The van der Waals surface area contributed by atoms with Gasteiger partial charge in [-0.25, -0.2) is 0 Å². The average Bonchev–Trinajstić information content (AvgIpc) is 2.97. The number of hydrogen-bond acceptors (Lipinski definition) is 3. The van der Waals surface area contributed by atoms with Gasteiger partial charge in [-0.15, -0.1) is 0 Å². The molecule has 1 saturated heterocycles. The second-order valence-electron chi connectivity index (χ2n) is 8.64. The highest BCUT2D eigenvalue weighted by Gasteiger charge is 2.20. The molecule has 3 aromatic rings. The van der Waals surface area contributed by atoms with Gasteiger partial charge in [0.25, 0.3) is 0 Å². The molecule has 3 heteroatoms. The zero-order valence-electron chi connectivity index (χ0n) is 17.9. The van der Waals surface area contributed by atoms with Gasteiger partial charge in [0.15, 0.2) is 0 Å². The summed E-state index contributed by atoms with van der Waals surface area (Å²) in [6.45, 7) is 8.96. The fourth-order valence-corrected chi connectivity index (χ4v) is 4.57. The van der Waals surface area contributed by atoms with E-state index in [2.05, 4.69) is 96.6 Å². The molecule has 152 valence electrons. The molecule has 2 heterocycles. The Kier molecular flexibility index (Phi) is 5.14. The molecule has 5 rings (SSSR count). The van der Waals surface area contributed by atoms with Crippen molar-refractivity contribution in [2.75, 3.05) is 31.1 Å². The SMILES string of the molecule is CC(C)N1CCN(c2cnc3c(c2)Cc2cc(-c4ccccc4)ccc2C=C3)CC1. The average molecular weight is 396 g/mol. The van der Waals surface area contributed by atoms with Gasteiger partial charge < -0.3 is 4.90 Å². The van der Waals surface area contributed by atoms with Crippen LogP contribution in [0.15, 0.2) is 60.8 Å². The summed E-state index contributed by atoms with van der Waals surface area (Å²) >= 11 is 0. The van der Waals surface area contributed by atoms with Crippen LogP contribution in [0.2, 0.25) is 0 Å². The van der Waals surface area contributed by atoms with E-state index in [0.29, 0.717) is 6.04 Å². The number of fused-ring (bicyclic) bond motifs is 2. The van der Waals surface area contributed by atoms with E-state index in [4.69, 9.17) is 4.98 Å². The Labute approximate surface area is 179 Å². The highest BCUT2D eigenvalue weighted by atomic mass is 15.3. The van der Waals surface area contributed by atoms with Crippen molar-refractivity contribution >= 4 is 17.8 Å². The molecule has 1 aromatic heterocycles. The lowest BCUT2D eigenvalue weighted by atomic mass is 9.96. The zero-order valence-corrected chi connectivity index (χ0v) is 17.9. The van der Waals surface area contributed by atoms with Crippen LogP contribution < -0.4 is 4.90 Å². The summed E-state index contributed by atoms with van der Waals surface area (Å²) in [5.41, 5.74) is 8.88. The van der Waals surface area contributed by atoms with E-state index >= 15 is 0 Å². The summed E-state index contributed by atoms with van der Waals surface area (Å²) in [5, 5.41) is 0. The van der Waals surface area contributed by atoms with Crippen LogP contribution in [0.4, 0.5) is 5.69 Å². The van der Waals surface area contributed by atoms with Crippen molar-refractivity contribution < 1.29 is 0 Å². The molecule has 1 aliphatic carbocycles. The molecule has 0 bridgehead atoms. The van der Waals surface area contributed by atoms with Crippen molar-refractivity contribution in [3.63, 3.8) is 0 Å². The minimum Gasteiger partial charge on any atom is -0.368 e. The van der Waals surface area contributed by atoms with Gasteiger partial charge in [-0.1, -0.05) is 54.6 Å². The van der Waals surface area contributed by atoms with Crippen molar-refractivity contribution in [2.45, 2.75) is 26.3 Å². The molecule has 0 atom stereocenters. The molecule has 0 radical (unpaired) electrons. The zero-order chi connectivity index (χ0) is 20.5. The Morgan fingerprint density at radius 1 is 0.800 bits per heavy atom. The van der Waals surface area contributed by atoms with E-state index in [1.807, 2.05) is 0 Å². The van der Waals surface area contributed by atoms with E-state index in [1.54, 1.807) is 0 Å². The topological polar surface area (TPSA) is 19.4 Å². The molecule has 3 nitrogen and oxygen atoms in total. The Bertz CT molecular complexity index is 1060. The number of pyridine rings is 1. The first-order chi connectivity index (χ1) is 14.7. The van der Waals surface area contributed by atoms with E-state index in [1.165, 1.54) is 33.5 Å². The van der Waals surface area contributed by atoms with Crippen molar-refractivity contribution in [3.8, 4) is 11.1 Å². The highest BCUT2D eigenvalue weighted by molar-refractivity contribution is 5.77. The van der Waals surface area contributed by atoms with Gasteiger partial charge in [-0.2, -0.15) is 0 Å². The van der Waals surface area contributed by atoms with Crippen LogP contribution in [0.5, 0.6) is 0 Å². The van der Waals surface area contributed by atoms with Gasteiger partial charge in [-0.05, 0) is 53.8 Å². The molecule has 0 amide bonds. The van der Waals surface area contributed by atoms with Crippen LogP contribution in [0.3, 0.4) is 0 Å². The molecule has 0 saturated carbocycles. The second kappa shape index (κ2) is 8.08. The third kappa shape index (κ3) is 3.78. The number of piperazine rings is 1. The quantitative estimate of drug-likeness (QED) is 0.466. The number of aromatic nitrogens is 1. The molecule has 0 unspecified atom stereocenters. The number of rotatable bonds is 3. The van der Waals surface area contributed by atoms with Crippen LogP contribution in [0, 0.1) is 0 Å². The maximum absolute atomic E-state index is 4.83. The second-order valence-corrected chi connectivity index (χ2v) is 8.64. The van der Waals surface area contributed by atoms with Crippen molar-refractivity contribution in [3.05, 3.63) is 83.2 Å². The number of hydrogen-bond donors (Lipinski definition) is 0. The third-order valence-electron chi connectivity index (χ3n) is 6.45. The van der Waals surface area contributed by atoms with Gasteiger partial charge in [0.1, 0.15) is 0 Å². The Morgan fingerprint density at radius 2 is 1.60 bits per heavy atom. The van der Waals surface area contributed by atoms with Crippen molar-refractivity contribution in [2.24, 2.45) is 0 Å². The van der Waals surface area contributed by atoms with Crippen LogP contribution in [-0.4, -0.2) is 42.1 Å². The summed E-state index contributed by atoms with van der Waals surface area (Å²) in [4.78, 5) is 9.87. The van der Waals surface area contributed by atoms with E-state index < -0.39 is 0 Å². The fourth-order valence-electron chi connectivity index (χ4n) is 4.57. The summed E-state index contributed by atoms with van der Waals surface area (Å²) in [6, 6.07) is 20.4. The lowest BCUT2D eigenvalue weighted by molar-refractivity contribution is 0.209. The maximum atomic E-state index is 4.83. The predicted octanol–water partition coefficient (Wildman–Crippen LogP) is 5.35. The summed E-state index contributed by atoms with van der Waals surface area (Å²) in [7, 11) is 0. The van der Waals surface area contributed by atoms with Crippen LogP contribution in [-0.2, 0) is 6.42 Å². The van der Waals surface area contributed by atoms with E-state index in [-0.39, 0.29) is 0 Å². The fraction of sp³-hybridized carbons (Fsp3) is 0.296. The van der Waals surface area contributed by atoms with Crippen LogP contribution in [0.1, 0.15) is 36.2 Å². The molecule has 2 aliphatic rings. The summed E-state index contributed by atoms with van der Waals surface area (Å²) in [5.74, 6) is 0. The third-order valence-corrected chi connectivity index (χ3v) is 6.45. The van der Waals surface area contributed by atoms with Gasteiger partial charge >= 0.3 is 0 Å². The van der Waals surface area contributed by atoms with Gasteiger partial charge in [0.2, 0.25) is 0 Å². The summed E-state index contributed by atoms with van der Waals surface area (Å²) in [6.07, 6.45) is 7.36. The molecule has 1 fully saturated rings. The molecule has 0 N–H and O–H groups in total. The van der Waals surface area contributed by atoms with Gasteiger partial charge in [0.05, 0.1) is 17.6 Å². The number of benzene rings is 2. The van der Waals surface area contributed by atoms with Gasteiger partial charge in [0, 0.05) is 38.6 Å². The van der Waals surface area contributed by atoms with E-state index in [9.17, 15) is 0 Å².